The highest BCUT2D eigenvalue weighted by atomic mass is 35.5. The van der Waals surface area contributed by atoms with E-state index in [-0.39, 0.29) is 11.5 Å². The molecule has 2 spiro atoms. The lowest BCUT2D eigenvalue weighted by Gasteiger charge is -2.42. The molecule has 1 amide bonds. The summed E-state index contributed by atoms with van der Waals surface area (Å²) >= 11 is 6.06. The number of hydrogen-bond acceptors (Lipinski definition) is 4. The number of nitrogens with one attached hydrogen (secondary N) is 2. The Hall–Kier alpha value is -1.30. The molecule has 1 aromatic carbocycles. The molecule has 5 rings (SSSR count). The van der Waals surface area contributed by atoms with Crippen LogP contribution in [0.2, 0.25) is 5.02 Å². The van der Waals surface area contributed by atoms with E-state index in [0.717, 1.165) is 44.0 Å². The molecule has 0 radical (unpaired) electrons. The van der Waals surface area contributed by atoms with Crippen molar-refractivity contribution in [2.75, 3.05) is 31.6 Å². The van der Waals surface area contributed by atoms with Gasteiger partial charge in [-0.05, 0) is 49.8 Å². The number of likely N-dealkylation sites (tertiary alicyclic amines) is 1. The predicted molar refractivity (Wildman–Crippen MR) is 111 cm³/mol. The summed E-state index contributed by atoms with van der Waals surface area (Å²) in [5, 5.41) is 7.31. The van der Waals surface area contributed by atoms with E-state index in [1.54, 1.807) is 6.07 Å². The second-order valence-corrected chi connectivity index (χ2v) is 9.74. The maximum absolute atomic E-state index is 12.7. The number of hydrogen-bond donors (Lipinski definition) is 2. The van der Waals surface area contributed by atoms with Crippen molar-refractivity contribution in [3.63, 3.8) is 0 Å². The first-order valence-electron chi connectivity index (χ1n) is 10.8. The Balaban J connectivity index is 1.23. The first kappa shape index (κ1) is 18.7. The number of nitrogens with zero attached hydrogens (tertiary/aromatic N) is 1. The van der Waals surface area contributed by atoms with E-state index in [1.807, 2.05) is 12.1 Å². The molecule has 0 aromatic heterocycles. The third-order valence-corrected chi connectivity index (χ3v) is 7.45. The molecule has 0 unspecified atom stereocenters. The van der Waals surface area contributed by atoms with E-state index in [4.69, 9.17) is 16.3 Å². The predicted octanol–water partition coefficient (Wildman–Crippen LogP) is 4.03. The topological polar surface area (TPSA) is 53.6 Å². The summed E-state index contributed by atoms with van der Waals surface area (Å²) in [6.45, 7) is 3.98. The summed E-state index contributed by atoms with van der Waals surface area (Å²) in [4.78, 5) is 15.3. The fourth-order valence-electron chi connectivity index (χ4n) is 5.68. The minimum atomic E-state index is -0.497. The Labute approximate surface area is 172 Å². The van der Waals surface area contributed by atoms with Crippen LogP contribution in [0.1, 0.15) is 61.7 Å². The summed E-state index contributed by atoms with van der Waals surface area (Å²) in [5.41, 5.74) is 0.849. The molecule has 6 heteroatoms. The van der Waals surface area contributed by atoms with Crippen LogP contribution in [-0.4, -0.2) is 48.3 Å². The molecular weight excluding hydrogens is 374 g/mol. The zero-order valence-corrected chi connectivity index (χ0v) is 17.2. The minimum Gasteiger partial charge on any atom is -0.370 e. The Morgan fingerprint density at radius 1 is 1.14 bits per heavy atom. The van der Waals surface area contributed by atoms with E-state index in [2.05, 4.69) is 15.5 Å². The second-order valence-electron chi connectivity index (χ2n) is 9.30. The van der Waals surface area contributed by atoms with Crippen molar-refractivity contribution in [1.82, 2.24) is 10.2 Å². The lowest BCUT2D eigenvalue weighted by molar-refractivity contribution is -0.0466. The van der Waals surface area contributed by atoms with E-state index < -0.39 is 5.66 Å². The number of carbonyl (C=O) groups is 1. The van der Waals surface area contributed by atoms with Crippen molar-refractivity contribution in [1.29, 1.82) is 0 Å². The molecule has 2 saturated heterocycles. The molecule has 1 aliphatic carbocycles. The molecule has 0 bridgehead atoms. The lowest BCUT2D eigenvalue weighted by Crippen LogP contribution is -2.59. The normalized spacial score (nSPS) is 30.2. The maximum Gasteiger partial charge on any atom is 0.255 e. The zero-order valence-electron chi connectivity index (χ0n) is 16.4. The highest BCUT2D eigenvalue weighted by Gasteiger charge is 2.53. The monoisotopic (exact) mass is 403 g/mol. The van der Waals surface area contributed by atoms with Crippen LogP contribution in [0.25, 0.3) is 0 Å². The van der Waals surface area contributed by atoms with Gasteiger partial charge in [0.05, 0.1) is 17.8 Å². The average Bonchev–Trinajstić information content (AvgIpc) is 3.03. The van der Waals surface area contributed by atoms with Crippen molar-refractivity contribution in [2.24, 2.45) is 5.92 Å². The van der Waals surface area contributed by atoms with Gasteiger partial charge in [0, 0.05) is 36.8 Å². The largest absolute Gasteiger partial charge is 0.370 e. The summed E-state index contributed by atoms with van der Waals surface area (Å²) in [5.74, 6) is 0.827. The molecule has 1 atom stereocenters. The van der Waals surface area contributed by atoms with E-state index >= 15 is 0 Å². The van der Waals surface area contributed by atoms with Gasteiger partial charge in [-0.15, -0.1) is 0 Å². The number of benzene rings is 1. The molecule has 2 N–H and O–H groups in total. The number of carbonyl (C=O) groups excluding carboxylic acids is 1. The minimum absolute atomic E-state index is 0.0633. The number of fused-ring (bicyclic) bond motifs is 1. The fraction of sp³-hybridized carbons (Fsp3) is 0.682. The Morgan fingerprint density at radius 3 is 2.71 bits per heavy atom. The molecule has 152 valence electrons. The van der Waals surface area contributed by atoms with Gasteiger partial charge < -0.3 is 20.3 Å². The van der Waals surface area contributed by atoms with Crippen molar-refractivity contribution in [3.05, 3.63) is 28.8 Å². The summed E-state index contributed by atoms with van der Waals surface area (Å²) in [7, 11) is 0. The van der Waals surface area contributed by atoms with E-state index in [1.165, 1.54) is 38.6 Å². The maximum atomic E-state index is 12.7. The van der Waals surface area contributed by atoms with Gasteiger partial charge >= 0.3 is 0 Å². The van der Waals surface area contributed by atoms with Gasteiger partial charge in [0.25, 0.3) is 5.91 Å². The lowest BCUT2D eigenvalue weighted by atomic mass is 9.83. The molecule has 3 aliphatic heterocycles. The standard InChI is InChI=1S/C22H30ClN3O2/c23-17-6-7-19-18(12-17)20(27)25-22(24-19)14-21(28-15-22)8-10-26(11-9-21)13-16-4-2-1-3-5-16/h6-7,12,16,24H,1-5,8-11,13-15H2,(H,25,27)/t22-/m1/s1. The summed E-state index contributed by atoms with van der Waals surface area (Å²) in [6.07, 6.45) is 9.97. The van der Waals surface area contributed by atoms with Crippen molar-refractivity contribution < 1.29 is 9.53 Å². The van der Waals surface area contributed by atoms with Gasteiger partial charge in [-0.2, -0.15) is 0 Å². The summed E-state index contributed by atoms with van der Waals surface area (Å²) in [6, 6.07) is 5.45. The van der Waals surface area contributed by atoms with Crippen LogP contribution in [0.3, 0.4) is 0 Å². The number of piperidine rings is 1. The number of halogens is 1. The third-order valence-electron chi connectivity index (χ3n) is 7.21. The van der Waals surface area contributed by atoms with Gasteiger partial charge in [0.1, 0.15) is 5.66 Å². The number of rotatable bonds is 2. The summed E-state index contributed by atoms with van der Waals surface area (Å²) < 4.78 is 6.37. The molecule has 3 fully saturated rings. The molecule has 4 aliphatic rings. The van der Waals surface area contributed by atoms with Gasteiger partial charge in [-0.25, -0.2) is 0 Å². The highest BCUT2D eigenvalue weighted by Crippen LogP contribution is 2.43. The molecule has 28 heavy (non-hydrogen) atoms. The Bertz CT molecular complexity index is 756. The van der Waals surface area contributed by atoms with Crippen molar-refractivity contribution in [2.45, 2.75) is 62.6 Å². The van der Waals surface area contributed by atoms with Gasteiger partial charge in [0.15, 0.2) is 0 Å². The van der Waals surface area contributed by atoms with Gasteiger partial charge in [-0.3, -0.25) is 4.79 Å². The highest BCUT2D eigenvalue weighted by molar-refractivity contribution is 6.31. The van der Waals surface area contributed by atoms with Crippen molar-refractivity contribution in [3.8, 4) is 0 Å². The average molecular weight is 404 g/mol. The molecule has 1 aromatic rings. The van der Waals surface area contributed by atoms with Crippen molar-refractivity contribution >= 4 is 23.2 Å². The van der Waals surface area contributed by atoms with Crippen LogP contribution < -0.4 is 10.6 Å². The zero-order chi connectivity index (χ0) is 19.2. The molecule has 5 nitrogen and oxygen atoms in total. The third kappa shape index (κ3) is 3.53. The second kappa shape index (κ2) is 7.19. The smallest absolute Gasteiger partial charge is 0.255 e. The van der Waals surface area contributed by atoms with Gasteiger partial charge in [-0.1, -0.05) is 30.9 Å². The molecular formula is C22H30ClN3O2. The SMILES string of the molecule is O=C1N[C@]2(COC3(CCN(CC4CCCCC4)CC3)C2)Nc2ccc(Cl)cc21. The fourth-order valence-corrected chi connectivity index (χ4v) is 5.85. The van der Waals surface area contributed by atoms with Gasteiger partial charge in [0.2, 0.25) is 0 Å². The van der Waals surface area contributed by atoms with Crippen LogP contribution in [0.15, 0.2) is 18.2 Å². The van der Waals surface area contributed by atoms with Crippen LogP contribution in [0.4, 0.5) is 5.69 Å². The Morgan fingerprint density at radius 2 is 1.93 bits per heavy atom. The van der Waals surface area contributed by atoms with Crippen LogP contribution in [-0.2, 0) is 4.74 Å². The van der Waals surface area contributed by atoms with Crippen LogP contribution >= 0.6 is 11.6 Å². The van der Waals surface area contributed by atoms with Crippen LogP contribution in [0.5, 0.6) is 0 Å². The van der Waals surface area contributed by atoms with E-state index in [9.17, 15) is 4.79 Å². The number of amides is 1. The molecule has 1 saturated carbocycles. The van der Waals surface area contributed by atoms with E-state index in [0.29, 0.717) is 17.2 Å². The van der Waals surface area contributed by atoms with Crippen LogP contribution in [0, 0.1) is 5.92 Å². The molecule has 3 heterocycles. The Kier molecular flexibility index (Phi) is 4.80. The number of ether oxygens (including phenoxy) is 1. The number of anilines is 1. The quantitative estimate of drug-likeness (QED) is 0.782. The first-order chi connectivity index (χ1) is 13.5. The first-order valence-corrected chi connectivity index (χ1v) is 11.2.